The molecule has 3 rings (SSSR count). The molecule has 2 heterocycles. The van der Waals surface area contributed by atoms with Gasteiger partial charge >= 0.3 is 0 Å². The number of thiophene rings is 1. The quantitative estimate of drug-likeness (QED) is 0.350. The molecular formula is C21H31IN4OS. The molecule has 1 saturated heterocycles. The van der Waals surface area contributed by atoms with Crippen LogP contribution in [0.3, 0.4) is 0 Å². The zero-order valence-electron chi connectivity index (χ0n) is 16.9. The van der Waals surface area contributed by atoms with Crippen LogP contribution in [0.1, 0.15) is 29.9 Å². The summed E-state index contributed by atoms with van der Waals surface area (Å²) in [6.45, 7) is 8.84. The SMILES string of the molecule is CN=C(NCc1ccc(CN2CC(C)OC(C)C2)cc1)NCc1cccs1.I. The molecule has 7 heteroatoms. The van der Waals surface area contributed by atoms with Crippen molar-refractivity contribution in [1.29, 1.82) is 0 Å². The predicted octanol–water partition coefficient (Wildman–Crippen LogP) is 3.84. The van der Waals surface area contributed by atoms with Crippen LogP contribution in [-0.2, 0) is 24.4 Å². The van der Waals surface area contributed by atoms with Gasteiger partial charge in [0, 0.05) is 38.1 Å². The van der Waals surface area contributed by atoms with E-state index in [1.165, 1.54) is 16.0 Å². The maximum Gasteiger partial charge on any atom is 0.191 e. The van der Waals surface area contributed by atoms with Gasteiger partial charge in [0.1, 0.15) is 0 Å². The van der Waals surface area contributed by atoms with E-state index in [9.17, 15) is 0 Å². The summed E-state index contributed by atoms with van der Waals surface area (Å²) in [4.78, 5) is 8.07. The molecule has 1 aromatic carbocycles. The highest BCUT2D eigenvalue weighted by molar-refractivity contribution is 14.0. The molecule has 5 nitrogen and oxygen atoms in total. The number of nitrogens with one attached hydrogen (secondary N) is 2. The van der Waals surface area contributed by atoms with E-state index >= 15 is 0 Å². The van der Waals surface area contributed by atoms with Gasteiger partial charge in [0.25, 0.3) is 0 Å². The highest BCUT2D eigenvalue weighted by Crippen LogP contribution is 2.15. The van der Waals surface area contributed by atoms with Crippen LogP contribution in [0.5, 0.6) is 0 Å². The summed E-state index contributed by atoms with van der Waals surface area (Å²) in [5.41, 5.74) is 2.60. The van der Waals surface area contributed by atoms with Crippen molar-refractivity contribution < 1.29 is 4.74 Å². The summed E-state index contributed by atoms with van der Waals surface area (Å²) in [6, 6.07) is 13.0. The number of nitrogens with zero attached hydrogens (tertiary/aromatic N) is 2. The van der Waals surface area contributed by atoms with Gasteiger partial charge in [-0.25, -0.2) is 0 Å². The number of guanidine groups is 1. The average Bonchev–Trinajstić information content (AvgIpc) is 3.16. The summed E-state index contributed by atoms with van der Waals surface area (Å²) in [6.07, 6.45) is 0.622. The number of aliphatic imine (C=N–C) groups is 1. The molecule has 2 N–H and O–H groups in total. The lowest BCUT2D eigenvalue weighted by molar-refractivity contribution is -0.0704. The normalized spacial score (nSPS) is 20.5. The first-order valence-corrected chi connectivity index (χ1v) is 10.4. The minimum absolute atomic E-state index is 0. The second-order valence-corrected chi connectivity index (χ2v) is 8.16. The second kappa shape index (κ2) is 11.7. The molecule has 28 heavy (non-hydrogen) atoms. The Labute approximate surface area is 189 Å². The molecule has 1 aliphatic rings. The van der Waals surface area contributed by atoms with E-state index in [0.717, 1.165) is 38.7 Å². The molecule has 0 aliphatic carbocycles. The van der Waals surface area contributed by atoms with E-state index in [0.29, 0.717) is 12.2 Å². The Hall–Kier alpha value is -1.16. The molecule has 154 valence electrons. The minimum atomic E-state index is 0. The number of rotatable bonds is 6. The zero-order chi connectivity index (χ0) is 19.1. The summed E-state index contributed by atoms with van der Waals surface area (Å²) < 4.78 is 5.82. The van der Waals surface area contributed by atoms with Gasteiger partial charge in [0.2, 0.25) is 0 Å². The van der Waals surface area contributed by atoms with Gasteiger partial charge < -0.3 is 15.4 Å². The first kappa shape index (κ1) is 23.1. The van der Waals surface area contributed by atoms with Crippen molar-refractivity contribution in [2.45, 2.75) is 45.7 Å². The molecular weight excluding hydrogens is 483 g/mol. The van der Waals surface area contributed by atoms with Gasteiger partial charge in [0.15, 0.2) is 5.96 Å². The van der Waals surface area contributed by atoms with Crippen molar-refractivity contribution in [3.8, 4) is 0 Å². The van der Waals surface area contributed by atoms with E-state index in [4.69, 9.17) is 4.74 Å². The molecule has 1 aliphatic heterocycles. The van der Waals surface area contributed by atoms with E-state index < -0.39 is 0 Å². The minimum Gasteiger partial charge on any atom is -0.373 e. The highest BCUT2D eigenvalue weighted by atomic mass is 127. The fourth-order valence-electron chi connectivity index (χ4n) is 3.42. The molecule has 0 saturated carbocycles. The average molecular weight is 514 g/mol. The smallest absolute Gasteiger partial charge is 0.191 e. The lowest BCUT2D eigenvalue weighted by Crippen LogP contribution is -2.44. The summed E-state index contributed by atoms with van der Waals surface area (Å²) in [5, 5.41) is 8.81. The van der Waals surface area contributed by atoms with Crippen LogP contribution in [0.25, 0.3) is 0 Å². The molecule has 1 aromatic heterocycles. The number of hydrogen-bond acceptors (Lipinski definition) is 4. The van der Waals surface area contributed by atoms with Crippen LogP contribution in [0.2, 0.25) is 0 Å². The van der Waals surface area contributed by atoms with E-state index in [-0.39, 0.29) is 24.0 Å². The molecule has 0 radical (unpaired) electrons. The van der Waals surface area contributed by atoms with Crippen LogP contribution in [0.15, 0.2) is 46.8 Å². The molecule has 2 unspecified atom stereocenters. The Balaban J connectivity index is 0.00000280. The van der Waals surface area contributed by atoms with Crippen LogP contribution in [0, 0.1) is 0 Å². The van der Waals surface area contributed by atoms with Gasteiger partial charge in [-0.05, 0) is 36.4 Å². The molecule has 2 atom stereocenters. The number of hydrogen-bond donors (Lipinski definition) is 2. The lowest BCUT2D eigenvalue weighted by Gasteiger charge is -2.35. The third-order valence-electron chi connectivity index (χ3n) is 4.62. The first-order valence-electron chi connectivity index (χ1n) is 9.55. The number of ether oxygens (including phenoxy) is 1. The van der Waals surface area contributed by atoms with Crippen molar-refractivity contribution in [2.24, 2.45) is 4.99 Å². The molecule has 1 fully saturated rings. The highest BCUT2D eigenvalue weighted by Gasteiger charge is 2.21. The van der Waals surface area contributed by atoms with Crippen LogP contribution in [-0.4, -0.2) is 43.2 Å². The molecule has 0 spiro atoms. The zero-order valence-corrected chi connectivity index (χ0v) is 20.0. The Kier molecular flexibility index (Phi) is 9.70. The molecule has 0 bridgehead atoms. The van der Waals surface area contributed by atoms with Crippen molar-refractivity contribution in [3.05, 3.63) is 57.8 Å². The molecule has 2 aromatic rings. The summed E-state index contributed by atoms with van der Waals surface area (Å²) in [7, 11) is 1.80. The van der Waals surface area contributed by atoms with Crippen LogP contribution < -0.4 is 10.6 Å². The van der Waals surface area contributed by atoms with Gasteiger partial charge in [-0.1, -0.05) is 30.3 Å². The third kappa shape index (κ3) is 7.35. The Morgan fingerprint density at radius 1 is 1.07 bits per heavy atom. The summed E-state index contributed by atoms with van der Waals surface area (Å²) >= 11 is 1.75. The van der Waals surface area contributed by atoms with E-state index in [2.05, 4.69) is 76.2 Å². The molecule has 0 amide bonds. The Morgan fingerprint density at radius 3 is 2.32 bits per heavy atom. The van der Waals surface area contributed by atoms with Crippen LogP contribution in [0.4, 0.5) is 0 Å². The van der Waals surface area contributed by atoms with Crippen molar-refractivity contribution >= 4 is 41.3 Å². The Morgan fingerprint density at radius 2 is 1.71 bits per heavy atom. The number of benzene rings is 1. The predicted molar refractivity (Wildman–Crippen MR) is 129 cm³/mol. The standard InChI is InChI=1S/C21H30N4OS.HI/c1-16-13-25(14-17(2)26-16)15-19-8-6-18(7-9-19)11-23-21(22-3)24-12-20-5-4-10-27-20;/h4-10,16-17H,11-15H2,1-3H3,(H2,22,23,24);1H. The van der Waals surface area contributed by atoms with Crippen molar-refractivity contribution in [2.75, 3.05) is 20.1 Å². The number of halogens is 1. The summed E-state index contributed by atoms with van der Waals surface area (Å²) in [5.74, 6) is 0.823. The van der Waals surface area contributed by atoms with Crippen molar-refractivity contribution in [1.82, 2.24) is 15.5 Å². The third-order valence-corrected chi connectivity index (χ3v) is 5.49. The van der Waals surface area contributed by atoms with Gasteiger partial charge in [-0.3, -0.25) is 9.89 Å². The monoisotopic (exact) mass is 514 g/mol. The van der Waals surface area contributed by atoms with Gasteiger partial charge in [-0.15, -0.1) is 35.3 Å². The van der Waals surface area contributed by atoms with Gasteiger partial charge in [0.05, 0.1) is 18.8 Å². The van der Waals surface area contributed by atoms with Crippen LogP contribution >= 0.6 is 35.3 Å². The first-order chi connectivity index (χ1) is 13.1. The van der Waals surface area contributed by atoms with Crippen molar-refractivity contribution in [3.63, 3.8) is 0 Å². The topological polar surface area (TPSA) is 48.9 Å². The largest absolute Gasteiger partial charge is 0.373 e. The maximum absolute atomic E-state index is 5.82. The fraction of sp³-hybridized carbons (Fsp3) is 0.476. The lowest BCUT2D eigenvalue weighted by atomic mass is 10.1. The fourth-order valence-corrected chi connectivity index (χ4v) is 4.07. The van der Waals surface area contributed by atoms with E-state index in [1.54, 1.807) is 18.4 Å². The Bertz CT molecular complexity index is 711. The van der Waals surface area contributed by atoms with Gasteiger partial charge in [-0.2, -0.15) is 0 Å². The maximum atomic E-state index is 5.82. The van der Waals surface area contributed by atoms with E-state index in [1.807, 2.05) is 0 Å². The number of morpholine rings is 1. The second-order valence-electron chi connectivity index (χ2n) is 7.13.